The van der Waals surface area contributed by atoms with Crippen LogP contribution in [0.2, 0.25) is 10.0 Å². The highest BCUT2D eigenvalue weighted by Crippen LogP contribution is 2.35. The molecule has 144 valence electrons. The molecule has 0 spiro atoms. The highest BCUT2D eigenvalue weighted by atomic mass is 35.5. The first-order chi connectivity index (χ1) is 12.3. The number of anilines is 1. The number of carbonyl (C=O) groups is 2. The monoisotopic (exact) mass is 418 g/mol. The van der Waals surface area contributed by atoms with Crippen LogP contribution in [-0.2, 0) is 9.53 Å². The van der Waals surface area contributed by atoms with E-state index in [1.54, 1.807) is 34.9 Å². The summed E-state index contributed by atoms with van der Waals surface area (Å²) in [4.78, 5) is 27.0. The predicted octanol–water partition coefficient (Wildman–Crippen LogP) is 5.27. The molecule has 1 saturated heterocycles. The zero-order valence-corrected chi connectivity index (χ0v) is 17.5. The highest BCUT2D eigenvalue weighted by Gasteiger charge is 2.42. The van der Waals surface area contributed by atoms with E-state index >= 15 is 0 Å². The Hall–Kier alpha value is -1.11. The molecule has 1 aromatic carbocycles. The summed E-state index contributed by atoms with van der Waals surface area (Å²) >= 11 is 13.8. The maximum atomic E-state index is 13.0. The zero-order valence-electron chi connectivity index (χ0n) is 15.1. The van der Waals surface area contributed by atoms with Gasteiger partial charge in [-0.15, -0.1) is 11.8 Å². The molecule has 2 rings (SSSR count). The molecule has 2 atom stereocenters. The number of thioether (sulfide) groups is 1. The summed E-state index contributed by atoms with van der Waals surface area (Å²) in [6.45, 7) is 6.47. The van der Waals surface area contributed by atoms with Gasteiger partial charge in [0.25, 0.3) is 0 Å². The van der Waals surface area contributed by atoms with Gasteiger partial charge >= 0.3 is 12.0 Å². The normalized spacial score (nSPS) is 19.7. The molecule has 1 fully saturated rings. The fourth-order valence-corrected chi connectivity index (χ4v) is 4.65. The van der Waals surface area contributed by atoms with Crippen molar-refractivity contribution in [3.05, 3.63) is 28.2 Å². The third kappa shape index (κ3) is 5.21. The lowest BCUT2D eigenvalue weighted by atomic mass is 10.1. The molecule has 1 aliphatic rings. The highest BCUT2D eigenvalue weighted by molar-refractivity contribution is 8.00. The first-order valence-electron chi connectivity index (χ1n) is 8.66. The van der Waals surface area contributed by atoms with Crippen molar-refractivity contribution in [2.45, 2.75) is 45.0 Å². The fourth-order valence-electron chi connectivity index (χ4n) is 2.68. The third-order valence-electron chi connectivity index (χ3n) is 3.91. The molecule has 0 radical (unpaired) electrons. The number of hydrogen-bond acceptors (Lipinski definition) is 4. The predicted molar refractivity (Wildman–Crippen MR) is 108 cm³/mol. The molecule has 0 aromatic heterocycles. The van der Waals surface area contributed by atoms with E-state index in [0.29, 0.717) is 29.0 Å². The van der Waals surface area contributed by atoms with Crippen LogP contribution in [0.1, 0.15) is 33.6 Å². The second-order valence-corrected chi connectivity index (χ2v) is 8.54. The zero-order chi connectivity index (χ0) is 19.3. The van der Waals surface area contributed by atoms with Crippen molar-refractivity contribution in [3.63, 3.8) is 0 Å². The van der Waals surface area contributed by atoms with E-state index in [0.717, 1.165) is 12.8 Å². The van der Waals surface area contributed by atoms with Crippen molar-refractivity contribution in [1.29, 1.82) is 0 Å². The van der Waals surface area contributed by atoms with Crippen molar-refractivity contribution in [2.75, 3.05) is 17.7 Å². The van der Waals surface area contributed by atoms with E-state index in [2.05, 4.69) is 19.2 Å². The molecule has 0 bridgehead atoms. The summed E-state index contributed by atoms with van der Waals surface area (Å²) in [5, 5.41) is 3.33. The first kappa shape index (κ1) is 21.2. The summed E-state index contributed by atoms with van der Waals surface area (Å²) in [5.41, 5.74) is 0.421. The molecule has 0 saturated carbocycles. The number of esters is 1. The van der Waals surface area contributed by atoms with Crippen molar-refractivity contribution in [3.8, 4) is 0 Å². The minimum atomic E-state index is -0.603. The van der Waals surface area contributed by atoms with Crippen LogP contribution in [0.15, 0.2) is 18.2 Å². The second-order valence-electron chi connectivity index (χ2n) is 6.54. The van der Waals surface area contributed by atoms with Gasteiger partial charge in [-0.1, -0.05) is 50.0 Å². The van der Waals surface area contributed by atoms with Crippen LogP contribution in [0.3, 0.4) is 0 Å². The van der Waals surface area contributed by atoms with Gasteiger partial charge in [0.1, 0.15) is 6.04 Å². The fraction of sp³-hybridized carbons (Fsp3) is 0.556. The van der Waals surface area contributed by atoms with Crippen LogP contribution in [0.4, 0.5) is 10.5 Å². The minimum absolute atomic E-state index is 0.0906. The Labute approximate surface area is 168 Å². The molecule has 1 aliphatic heterocycles. The largest absolute Gasteiger partial charge is 0.464 e. The standard InChI is InChI=1S/C18H24Cl2N2O3S/c1-4-8-25-17(23)14-10-26-15(9-11(2)3)22(14)18(24)21-13-7-5-6-12(19)16(13)20/h5-7,11,14-15H,4,8-10H2,1-3H3,(H,21,24). The Morgan fingerprint density at radius 2 is 2.12 bits per heavy atom. The molecule has 8 heteroatoms. The van der Waals surface area contributed by atoms with Crippen LogP contribution in [0.25, 0.3) is 0 Å². The number of carbonyl (C=O) groups excluding carboxylic acids is 2. The van der Waals surface area contributed by atoms with Gasteiger partial charge in [0.2, 0.25) is 0 Å². The summed E-state index contributed by atoms with van der Waals surface area (Å²) in [7, 11) is 0. The number of ether oxygens (including phenoxy) is 1. The van der Waals surface area contributed by atoms with Crippen LogP contribution in [-0.4, -0.2) is 40.7 Å². The van der Waals surface area contributed by atoms with Crippen molar-refractivity contribution >= 4 is 52.7 Å². The molecule has 1 N–H and O–H groups in total. The number of nitrogens with zero attached hydrogens (tertiary/aromatic N) is 1. The van der Waals surface area contributed by atoms with E-state index in [9.17, 15) is 9.59 Å². The lowest BCUT2D eigenvalue weighted by Crippen LogP contribution is -2.48. The number of amides is 2. The molecule has 5 nitrogen and oxygen atoms in total. The Balaban J connectivity index is 2.20. The molecule has 1 heterocycles. The van der Waals surface area contributed by atoms with Gasteiger partial charge in [0.15, 0.2) is 0 Å². The summed E-state index contributed by atoms with van der Waals surface area (Å²) < 4.78 is 5.28. The molecule has 2 amide bonds. The molecule has 2 unspecified atom stereocenters. The molecular formula is C18H24Cl2N2O3S. The lowest BCUT2D eigenvalue weighted by molar-refractivity contribution is -0.147. The van der Waals surface area contributed by atoms with Gasteiger partial charge in [0, 0.05) is 5.75 Å². The van der Waals surface area contributed by atoms with Crippen LogP contribution < -0.4 is 5.32 Å². The van der Waals surface area contributed by atoms with Gasteiger partial charge in [0.05, 0.1) is 27.7 Å². The van der Waals surface area contributed by atoms with E-state index in [1.807, 2.05) is 6.92 Å². The van der Waals surface area contributed by atoms with Crippen LogP contribution >= 0.6 is 35.0 Å². The first-order valence-corrected chi connectivity index (χ1v) is 10.5. The summed E-state index contributed by atoms with van der Waals surface area (Å²) in [6.07, 6.45) is 1.53. The Morgan fingerprint density at radius 1 is 1.38 bits per heavy atom. The second kappa shape index (κ2) is 9.72. The summed E-state index contributed by atoms with van der Waals surface area (Å²) in [6, 6.07) is 4.06. The number of hydrogen-bond donors (Lipinski definition) is 1. The molecule has 0 aliphatic carbocycles. The van der Waals surface area contributed by atoms with Gasteiger partial charge in [-0.2, -0.15) is 0 Å². The maximum Gasteiger partial charge on any atom is 0.329 e. The topological polar surface area (TPSA) is 58.6 Å². The van der Waals surface area contributed by atoms with E-state index in [1.165, 1.54) is 0 Å². The molecular weight excluding hydrogens is 395 g/mol. The van der Waals surface area contributed by atoms with E-state index < -0.39 is 6.04 Å². The van der Waals surface area contributed by atoms with Crippen LogP contribution in [0.5, 0.6) is 0 Å². The third-order valence-corrected chi connectivity index (χ3v) is 6.05. The lowest BCUT2D eigenvalue weighted by Gasteiger charge is -2.29. The number of benzene rings is 1. The Bertz CT molecular complexity index is 657. The van der Waals surface area contributed by atoms with Crippen molar-refractivity contribution in [2.24, 2.45) is 5.92 Å². The molecule has 1 aromatic rings. The Morgan fingerprint density at radius 3 is 2.77 bits per heavy atom. The number of nitrogens with one attached hydrogen (secondary N) is 1. The van der Waals surface area contributed by atoms with Gasteiger partial charge in [-0.05, 0) is 30.9 Å². The van der Waals surface area contributed by atoms with Gasteiger partial charge in [-0.3, -0.25) is 4.90 Å². The minimum Gasteiger partial charge on any atom is -0.464 e. The Kier molecular flexibility index (Phi) is 7.92. The number of halogens is 2. The average Bonchev–Trinajstić information content (AvgIpc) is 2.99. The van der Waals surface area contributed by atoms with E-state index in [4.69, 9.17) is 27.9 Å². The molecule has 26 heavy (non-hydrogen) atoms. The smallest absolute Gasteiger partial charge is 0.329 e. The quantitative estimate of drug-likeness (QED) is 0.639. The van der Waals surface area contributed by atoms with E-state index in [-0.39, 0.29) is 22.4 Å². The van der Waals surface area contributed by atoms with Gasteiger partial charge in [-0.25, -0.2) is 9.59 Å². The SMILES string of the molecule is CCCOC(=O)C1CSC(CC(C)C)N1C(=O)Nc1cccc(Cl)c1Cl. The van der Waals surface area contributed by atoms with Gasteiger partial charge < -0.3 is 10.1 Å². The average molecular weight is 419 g/mol. The number of rotatable bonds is 6. The van der Waals surface area contributed by atoms with Crippen molar-refractivity contribution in [1.82, 2.24) is 4.90 Å². The van der Waals surface area contributed by atoms with Crippen LogP contribution in [0, 0.1) is 5.92 Å². The maximum absolute atomic E-state index is 13.0. The van der Waals surface area contributed by atoms with Crippen molar-refractivity contribution < 1.29 is 14.3 Å². The summed E-state index contributed by atoms with van der Waals surface area (Å²) in [5.74, 6) is 0.553. The number of urea groups is 1.